The van der Waals surface area contributed by atoms with Crippen molar-refractivity contribution in [3.05, 3.63) is 64.9 Å². The summed E-state index contributed by atoms with van der Waals surface area (Å²) in [5, 5.41) is 5.91. The maximum absolute atomic E-state index is 13.0. The van der Waals surface area contributed by atoms with Crippen molar-refractivity contribution in [2.75, 3.05) is 18.4 Å². The van der Waals surface area contributed by atoms with Crippen LogP contribution in [-0.4, -0.2) is 19.0 Å². The second kappa shape index (κ2) is 8.51. The molecule has 0 saturated heterocycles. The van der Waals surface area contributed by atoms with E-state index in [2.05, 4.69) is 22.8 Å². The normalized spacial score (nSPS) is 10.5. The molecule has 0 radical (unpaired) electrons. The summed E-state index contributed by atoms with van der Waals surface area (Å²) in [6.07, 6.45) is 1.28. The molecule has 2 aromatic carbocycles. The van der Waals surface area contributed by atoms with Gasteiger partial charge in [-0.1, -0.05) is 41.9 Å². The van der Waals surface area contributed by atoms with Crippen LogP contribution in [0.5, 0.6) is 0 Å². The lowest BCUT2D eigenvalue weighted by Crippen LogP contribution is -2.23. The highest BCUT2D eigenvalue weighted by molar-refractivity contribution is 6.31. The van der Waals surface area contributed by atoms with Crippen molar-refractivity contribution in [2.45, 2.75) is 12.8 Å². The first-order valence-corrected chi connectivity index (χ1v) is 7.52. The third-order valence-electron chi connectivity index (χ3n) is 3.17. The zero-order chi connectivity index (χ0) is 15.8. The number of hydrogen-bond acceptors (Lipinski definition) is 2. The quantitative estimate of drug-likeness (QED) is 0.765. The number of halogens is 2. The highest BCUT2D eigenvalue weighted by atomic mass is 35.5. The maximum atomic E-state index is 13.0. The van der Waals surface area contributed by atoms with Crippen molar-refractivity contribution in [1.29, 1.82) is 0 Å². The molecule has 2 N–H and O–H groups in total. The fraction of sp³-hybridized carbons (Fsp3) is 0.235. The van der Waals surface area contributed by atoms with Crippen LogP contribution in [-0.2, 0) is 11.2 Å². The zero-order valence-corrected chi connectivity index (χ0v) is 12.9. The predicted octanol–water partition coefficient (Wildman–Crippen LogP) is 3.64. The molecule has 0 unspecified atom stereocenters. The molecule has 0 spiro atoms. The zero-order valence-electron chi connectivity index (χ0n) is 12.1. The molecular weight excluding hydrogens is 303 g/mol. The Balaban J connectivity index is 1.64. The van der Waals surface area contributed by atoms with Crippen LogP contribution < -0.4 is 10.6 Å². The van der Waals surface area contributed by atoms with E-state index in [4.69, 9.17) is 11.6 Å². The van der Waals surface area contributed by atoms with Gasteiger partial charge >= 0.3 is 0 Å². The largest absolute Gasteiger partial charge is 0.326 e. The summed E-state index contributed by atoms with van der Waals surface area (Å²) >= 11 is 5.66. The molecule has 0 bridgehead atoms. The summed E-state index contributed by atoms with van der Waals surface area (Å²) in [7, 11) is 0. The van der Waals surface area contributed by atoms with Gasteiger partial charge in [0.2, 0.25) is 5.91 Å². The lowest BCUT2D eigenvalue weighted by Gasteiger charge is -2.07. The molecule has 0 fully saturated rings. The first-order chi connectivity index (χ1) is 10.6. The van der Waals surface area contributed by atoms with E-state index in [0.717, 1.165) is 13.0 Å². The van der Waals surface area contributed by atoms with Crippen molar-refractivity contribution in [3.63, 3.8) is 0 Å². The van der Waals surface area contributed by atoms with E-state index < -0.39 is 5.82 Å². The third kappa shape index (κ3) is 5.47. The SMILES string of the molecule is O=C(CCNCCc1ccccc1)Nc1ccc(F)c(Cl)c1. The predicted molar refractivity (Wildman–Crippen MR) is 87.7 cm³/mol. The second-order valence-electron chi connectivity index (χ2n) is 4.91. The third-order valence-corrected chi connectivity index (χ3v) is 3.46. The van der Waals surface area contributed by atoms with Gasteiger partial charge in [-0.25, -0.2) is 4.39 Å². The van der Waals surface area contributed by atoms with Gasteiger partial charge in [-0.3, -0.25) is 4.79 Å². The van der Waals surface area contributed by atoms with Gasteiger partial charge in [0, 0.05) is 18.7 Å². The summed E-state index contributed by atoms with van der Waals surface area (Å²) in [5.41, 5.74) is 1.76. The van der Waals surface area contributed by atoms with Crippen molar-refractivity contribution in [1.82, 2.24) is 5.32 Å². The van der Waals surface area contributed by atoms with Gasteiger partial charge in [0.25, 0.3) is 0 Å². The van der Waals surface area contributed by atoms with Crippen LogP contribution in [0.1, 0.15) is 12.0 Å². The van der Waals surface area contributed by atoms with Crippen LogP contribution >= 0.6 is 11.6 Å². The van der Waals surface area contributed by atoms with Crippen molar-refractivity contribution in [2.24, 2.45) is 0 Å². The van der Waals surface area contributed by atoms with Crippen molar-refractivity contribution in [3.8, 4) is 0 Å². The summed E-state index contributed by atoms with van der Waals surface area (Å²) in [5.74, 6) is -0.628. The molecule has 0 aliphatic rings. The fourth-order valence-corrected chi connectivity index (χ4v) is 2.18. The highest BCUT2D eigenvalue weighted by Crippen LogP contribution is 2.19. The monoisotopic (exact) mass is 320 g/mol. The van der Waals surface area contributed by atoms with E-state index >= 15 is 0 Å². The molecular formula is C17H18ClFN2O. The van der Waals surface area contributed by atoms with E-state index in [1.54, 1.807) is 0 Å². The number of carbonyl (C=O) groups is 1. The molecule has 2 rings (SSSR count). The molecule has 0 aliphatic carbocycles. The lowest BCUT2D eigenvalue weighted by molar-refractivity contribution is -0.116. The second-order valence-corrected chi connectivity index (χ2v) is 5.32. The van der Waals surface area contributed by atoms with E-state index in [1.165, 1.54) is 23.8 Å². The van der Waals surface area contributed by atoms with Crippen LogP contribution in [0.25, 0.3) is 0 Å². The topological polar surface area (TPSA) is 41.1 Å². The number of anilines is 1. The summed E-state index contributed by atoms with van der Waals surface area (Å²) in [4.78, 5) is 11.8. The van der Waals surface area contributed by atoms with Crippen LogP contribution in [0, 0.1) is 5.82 Å². The maximum Gasteiger partial charge on any atom is 0.225 e. The summed E-state index contributed by atoms with van der Waals surface area (Å²) < 4.78 is 13.0. The molecule has 0 atom stereocenters. The van der Waals surface area contributed by atoms with Gasteiger partial charge in [-0.15, -0.1) is 0 Å². The van der Waals surface area contributed by atoms with E-state index in [1.807, 2.05) is 18.2 Å². The van der Waals surface area contributed by atoms with E-state index in [9.17, 15) is 9.18 Å². The Morgan fingerprint density at radius 1 is 1.09 bits per heavy atom. The summed E-state index contributed by atoms with van der Waals surface area (Å²) in [6.45, 7) is 1.41. The van der Waals surface area contributed by atoms with Crippen molar-refractivity contribution >= 4 is 23.2 Å². The Labute approximate surface area is 134 Å². The minimum atomic E-state index is -0.498. The number of nitrogens with one attached hydrogen (secondary N) is 2. The molecule has 1 amide bonds. The van der Waals surface area contributed by atoms with Crippen LogP contribution in [0.4, 0.5) is 10.1 Å². The smallest absolute Gasteiger partial charge is 0.225 e. The molecule has 0 aromatic heterocycles. The van der Waals surface area contributed by atoms with Gasteiger partial charge in [0.1, 0.15) is 5.82 Å². The Morgan fingerprint density at radius 2 is 1.86 bits per heavy atom. The Morgan fingerprint density at radius 3 is 2.59 bits per heavy atom. The fourth-order valence-electron chi connectivity index (χ4n) is 2.00. The summed E-state index contributed by atoms with van der Waals surface area (Å²) in [6, 6.07) is 14.3. The molecule has 0 heterocycles. The number of rotatable bonds is 7. The number of carbonyl (C=O) groups excluding carboxylic acids is 1. The molecule has 0 saturated carbocycles. The molecule has 0 aliphatic heterocycles. The van der Waals surface area contributed by atoms with Crippen LogP contribution in [0.15, 0.2) is 48.5 Å². The molecule has 116 valence electrons. The average Bonchev–Trinajstić information content (AvgIpc) is 2.52. The van der Waals surface area contributed by atoms with Crippen molar-refractivity contribution < 1.29 is 9.18 Å². The van der Waals surface area contributed by atoms with Gasteiger partial charge < -0.3 is 10.6 Å². The first kappa shape index (κ1) is 16.5. The molecule has 3 nitrogen and oxygen atoms in total. The standard InChI is InChI=1S/C17H18ClFN2O/c18-15-12-14(6-7-16(15)19)21-17(22)9-11-20-10-8-13-4-2-1-3-5-13/h1-7,12,20H,8-11H2,(H,21,22). The minimum absolute atomic E-state index is 0.00112. The average molecular weight is 321 g/mol. The highest BCUT2D eigenvalue weighted by Gasteiger charge is 2.05. The number of hydrogen-bond donors (Lipinski definition) is 2. The number of benzene rings is 2. The van der Waals surface area contributed by atoms with Gasteiger partial charge in [-0.2, -0.15) is 0 Å². The number of amides is 1. The Hall–Kier alpha value is -1.91. The van der Waals surface area contributed by atoms with Gasteiger partial charge in [0.15, 0.2) is 0 Å². The van der Waals surface area contributed by atoms with Gasteiger partial charge in [-0.05, 0) is 36.7 Å². The molecule has 5 heteroatoms. The van der Waals surface area contributed by atoms with Gasteiger partial charge in [0.05, 0.1) is 5.02 Å². The minimum Gasteiger partial charge on any atom is -0.326 e. The Bertz CT molecular complexity index is 619. The van der Waals surface area contributed by atoms with Crippen LogP contribution in [0.3, 0.4) is 0 Å². The Kier molecular flexibility index (Phi) is 6.37. The lowest BCUT2D eigenvalue weighted by atomic mass is 10.1. The first-order valence-electron chi connectivity index (χ1n) is 7.15. The van der Waals surface area contributed by atoms with E-state index in [-0.39, 0.29) is 10.9 Å². The van der Waals surface area contributed by atoms with E-state index in [0.29, 0.717) is 18.7 Å². The molecule has 22 heavy (non-hydrogen) atoms. The molecule has 2 aromatic rings. The van der Waals surface area contributed by atoms with Crippen LogP contribution in [0.2, 0.25) is 5.02 Å².